The molecule has 0 amide bonds. The monoisotopic (exact) mass is 257 g/mol. The Hall–Kier alpha value is -1.02. The zero-order valence-corrected chi connectivity index (χ0v) is 11.1. The predicted octanol–water partition coefficient (Wildman–Crippen LogP) is 2.32. The summed E-state index contributed by atoms with van der Waals surface area (Å²) in [5, 5.41) is 1.31. The van der Waals surface area contributed by atoms with Crippen LogP contribution in [0.25, 0.3) is 0 Å². The van der Waals surface area contributed by atoms with Crippen LogP contribution in [0.5, 0.6) is 0 Å². The first-order valence-corrected chi connectivity index (χ1v) is 8.96. The molecule has 2 rings (SSSR count). The van der Waals surface area contributed by atoms with Crippen LogP contribution in [0.15, 0.2) is 60.7 Å². The summed E-state index contributed by atoms with van der Waals surface area (Å²) in [5.74, 6) is 0. The zero-order valence-electron chi connectivity index (χ0n) is 8.98. The van der Waals surface area contributed by atoms with E-state index in [-0.39, 0.29) is 0 Å². The van der Waals surface area contributed by atoms with Gasteiger partial charge in [-0.25, -0.2) is 0 Å². The van der Waals surface area contributed by atoms with E-state index in [0.717, 1.165) is 0 Å². The zero-order chi connectivity index (χ0) is 10.5. The van der Waals surface area contributed by atoms with Crippen LogP contribution in [-0.2, 0) is 0 Å². The molecule has 0 aliphatic heterocycles. The minimum absolute atomic E-state index is 1.22. The van der Waals surface area contributed by atoms with Crippen molar-refractivity contribution < 1.29 is 0 Å². The van der Waals surface area contributed by atoms with Gasteiger partial charge in [-0.3, -0.25) is 0 Å². The molecule has 0 aliphatic rings. The number of benzene rings is 2. The van der Waals surface area contributed by atoms with Gasteiger partial charge in [0.1, 0.15) is 0 Å². The Balaban J connectivity index is 2.34. The topological polar surface area (TPSA) is 0 Å². The Kier molecular flexibility index (Phi) is 3.62. The normalized spacial score (nSPS) is 10.5. The molecule has 0 unspecified atom stereocenters. The summed E-state index contributed by atoms with van der Waals surface area (Å²) in [4.78, 5) is 0. The molecule has 2 aromatic rings. The Morgan fingerprint density at radius 3 is 1.47 bits per heavy atom. The average molecular weight is 256 g/mol. The van der Waals surface area contributed by atoms with Gasteiger partial charge in [-0.2, -0.15) is 0 Å². The maximum atomic E-state index is 2.31. The van der Waals surface area contributed by atoms with E-state index in [0.29, 0.717) is 0 Å². The Morgan fingerprint density at radius 1 is 0.733 bits per heavy atom. The number of rotatable bonds is 3. The van der Waals surface area contributed by atoms with E-state index >= 15 is 0 Å². The van der Waals surface area contributed by atoms with Crippen LogP contribution in [0.3, 0.4) is 0 Å². The summed E-state index contributed by atoms with van der Waals surface area (Å²) in [7, 11) is 0. The molecular formula is C14H15Ge. The van der Waals surface area contributed by atoms with Gasteiger partial charge in [0, 0.05) is 0 Å². The molecule has 75 valence electrons. The van der Waals surface area contributed by atoms with Crippen molar-refractivity contribution in [3.63, 3.8) is 0 Å². The van der Waals surface area contributed by atoms with Crippen LogP contribution in [0, 0.1) is 0 Å². The van der Waals surface area contributed by atoms with Crippen molar-refractivity contribution in [1.29, 1.82) is 0 Å². The van der Waals surface area contributed by atoms with Gasteiger partial charge in [0.2, 0.25) is 0 Å². The van der Waals surface area contributed by atoms with Gasteiger partial charge < -0.3 is 0 Å². The summed E-state index contributed by atoms with van der Waals surface area (Å²) in [6.07, 6.45) is 0. The Morgan fingerprint density at radius 2 is 1.13 bits per heavy atom. The van der Waals surface area contributed by atoms with E-state index in [1.54, 1.807) is 8.79 Å². The van der Waals surface area contributed by atoms with Gasteiger partial charge in [-0.05, 0) is 0 Å². The second kappa shape index (κ2) is 5.17. The van der Waals surface area contributed by atoms with Crippen molar-refractivity contribution in [2.75, 3.05) is 0 Å². The minimum atomic E-state index is -1.22. The van der Waals surface area contributed by atoms with E-state index in [4.69, 9.17) is 0 Å². The fourth-order valence-corrected chi connectivity index (χ4v) is 6.76. The molecule has 0 bridgehead atoms. The van der Waals surface area contributed by atoms with E-state index in [1.807, 2.05) is 0 Å². The molecule has 2 aromatic carbocycles. The molecular weight excluding hydrogens is 241 g/mol. The summed E-state index contributed by atoms with van der Waals surface area (Å²) in [6.45, 7) is 2.31. The van der Waals surface area contributed by atoms with E-state index in [1.165, 1.54) is 5.25 Å². The molecule has 0 saturated carbocycles. The van der Waals surface area contributed by atoms with E-state index in [9.17, 15) is 0 Å². The van der Waals surface area contributed by atoms with Crippen molar-refractivity contribution in [3.8, 4) is 0 Å². The van der Waals surface area contributed by atoms with Crippen LogP contribution in [0.2, 0.25) is 5.25 Å². The first-order chi connectivity index (χ1) is 7.42. The molecule has 0 atom stereocenters. The Bertz CT molecular complexity index is 355. The SMILES string of the molecule is C[CH2][Ge]([c]1ccccc1)[c]1ccccc1. The first kappa shape index (κ1) is 10.5. The summed E-state index contributed by atoms with van der Waals surface area (Å²) in [5.41, 5.74) is 0. The van der Waals surface area contributed by atoms with Gasteiger partial charge in [-0.1, -0.05) is 0 Å². The molecule has 0 aromatic heterocycles. The Labute approximate surface area is 96.1 Å². The molecule has 0 aliphatic carbocycles. The van der Waals surface area contributed by atoms with Crippen LogP contribution in [-0.4, -0.2) is 14.3 Å². The number of hydrogen-bond acceptors (Lipinski definition) is 0. The quantitative estimate of drug-likeness (QED) is 0.739. The van der Waals surface area contributed by atoms with Crippen LogP contribution >= 0.6 is 0 Å². The van der Waals surface area contributed by atoms with Crippen molar-refractivity contribution in [2.24, 2.45) is 0 Å². The van der Waals surface area contributed by atoms with Crippen LogP contribution in [0.1, 0.15) is 6.92 Å². The average Bonchev–Trinajstić information content (AvgIpc) is 2.33. The predicted molar refractivity (Wildman–Crippen MR) is 68.4 cm³/mol. The summed E-state index contributed by atoms with van der Waals surface area (Å²) >= 11 is -1.22. The number of hydrogen-bond donors (Lipinski definition) is 0. The second-order valence-electron chi connectivity index (χ2n) is 3.56. The fourth-order valence-electron chi connectivity index (χ4n) is 1.85. The van der Waals surface area contributed by atoms with Gasteiger partial charge >= 0.3 is 96.0 Å². The molecule has 0 fully saturated rings. The third-order valence-electron chi connectivity index (χ3n) is 2.60. The molecule has 0 heterocycles. The molecule has 1 radical (unpaired) electrons. The van der Waals surface area contributed by atoms with Gasteiger partial charge in [0.25, 0.3) is 0 Å². The van der Waals surface area contributed by atoms with E-state index < -0.39 is 14.3 Å². The van der Waals surface area contributed by atoms with Gasteiger partial charge in [0.05, 0.1) is 0 Å². The van der Waals surface area contributed by atoms with Crippen LogP contribution in [0.4, 0.5) is 0 Å². The fraction of sp³-hybridized carbons (Fsp3) is 0.143. The molecule has 0 spiro atoms. The van der Waals surface area contributed by atoms with Crippen molar-refractivity contribution in [2.45, 2.75) is 12.2 Å². The second-order valence-corrected chi connectivity index (χ2v) is 9.48. The van der Waals surface area contributed by atoms with Crippen molar-refractivity contribution >= 4 is 23.1 Å². The third kappa shape index (κ3) is 2.51. The molecule has 15 heavy (non-hydrogen) atoms. The summed E-state index contributed by atoms with van der Waals surface area (Å²) in [6, 6.07) is 21.9. The third-order valence-corrected chi connectivity index (χ3v) is 8.40. The standard InChI is InChI=1S/C14H15Ge/c1-2-15(13-9-5-3-6-10-13)14-11-7-4-8-12-14/h3-12H,2H2,1H3. The summed E-state index contributed by atoms with van der Waals surface area (Å²) < 4.78 is 3.15. The van der Waals surface area contributed by atoms with Crippen molar-refractivity contribution in [3.05, 3.63) is 60.7 Å². The van der Waals surface area contributed by atoms with Gasteiger partial charge in [-0.15, -0.1) is 0 Å². The first-order valence-electron chi connectivity index (χ1n) is 5.38. The molecule has 0 N–H and O–H groups in total. The maximum absolute atomic E-state index is 2.31. The van der Waals surface area contributed by atoms with Crippen LogP contribution < -0.4 is 8.79 Å². The van der Waals surface area contributed by atoms with E-state index in [2.05, 4.69) is 67.6 Å². The van der Waals surface area contributed by atoms with Crippen molar-refractivity contribution in [1.82, 2.24) is 0 Å². The van der Waals surface area contributed by atoms with Gasteiger partial charge in [0.15, 0.2) is 0 Å². The molecule has 0 saturated heterocycles. The molecule has 0 nitrogen and oxygen atoms in total. The molecule has 1 heteroatoms.